The molecule has 0 amide bonds. The monoisotopic (exact) mass is 271 g/mol. The van der Waals surface area contributed by atoms with Gasteiger partial charge in [-0.15, -0.1) is 0 Å². The number of benzene rings is 1. The van der Waals surface area contributed by atoms with E-state index in [1.165, 1.54) is 23.5 Å². The lowest BCUT2D eigenvalue weighted by atomic mass is 10.1. The fraction of sp³-hybridized carbons (Fsp3) is 0.500. The van der Waals surface area contributed by atoms with Gasteiger partial charge in [-0.3, -0.25) is 0 Å². The lowest BCUT2D eigenvalue weighted by molar-refractivity contribution is 0.0762. The standard InChI is InChI=1S/C12H17NO4S/c1-12(14)6-7-13(9-12)18(15,16)11-5-3-4-10(8-11)17-2/h3-5,8,14H,6-7,9H2,1-2H3. The first-order valence-electron chi connectivity index (χ1n) is 5.72. The highest BCUT2D eigenvalue weighted by molar-refractivity contribution is 7.89. The molecule has 1 aliphatic rings. The van der Waals surface area contributed by atoms with Gasteiger partial charge in [-0.2, -0.15) is 4.31 Å². The third-order valence-electron chi connectivity index (χ3n) is 3.10. The molecule has 1 N–H and O–H groups in total. The summed E-state index contributed by atoms with van der Waals surface area (Å²) in [5.74, 6) is 0.502. The largest absolute Gasteiger partial charge is 0.497 e. The average molecular weight is 271 g/mol. The van der Waals surface area contributed by atoms with Gasteiger partial charge in [-0.1, -0.05) is 6.07 Å². The highest BCUT2D eigenvalue weighted by atomic mass is 32.2. The van der Waals surface area contributed by atoms with Crippen molar-refractivity contribution in [3.05, 3.63) is 24.3 Å². The van der Waals surface area contributed by atoms with E-state index in [-0.39, 0.29) is 11.4 Å². The summed E-state index contributed by atoms with van der Waals surface area (Å²) in [5, 5.41) is 9.85. The van der Waals surface area contributed by atoms with Crippen molar-refractivity contribution in [3.8, 4) is 5.75 Å². The zero-order valence-corrected chi connectivity index (χ0v) is 11.3. The zero-order valence-electron chi connectivity index (χ0n) is 10.5. The molecular formula is C12H17NO4S. The van der Waals surface area contributed by atoms with Crippen LogP contribution in [0, 0.1) is 0 Å². The summed E-state index contributed by atoms with van der Waals surface area (Å²) in [5.41, 5.74) is -0.939. The van der Waals surface area contributed by atoms with Gasteiger partial charge in [0.05, 0.1) is 17.6 Å². The van der Waals surface area contributed by atoms with Crippen molar-refractivity contribution in [3.63, 3.8) is 0 Å². The molecule has 18 heavy (non-hydrogen) atoms. The Hall–Kier alpha value is -1.11. The molecule has 1 saturated heterocycles. The fourth-order valence-corrected chi connectivity index (χ4v) is 3.61. The minimum absolute atomic E-state index is 0.131. The Morgan fingerprint density at radius 3 is 2.72 bits per heavy atom. The van der Waals surface area contributed by atoms with Crippen molar-refractivity contribution in [2.45, 2.75) is 23.8 Å². The highest BCUT2D eigenvalue weighted by Gasteiger charge is 2.38. The molecule has 1 heterocycles. The van der Waals surface area contributed by atoms with Crippen LogP contribution in [0.5, 0.6) is 5.75 Å². The number of hydrogen-bond donors (Lipinski definition) is 1. The van der Waals surface area contributed by atoms with Crippen molar-refractivity contribution < 1.29 is 18.3 Å². The second kappa shape index (κ2) is 4.53. The number of rotatable bonds is 3. The molecule has 0 spiro atoms. The summed E-state index contributed by atoms with van der Waals surface area (Å²) < 4.78 is 31.0. The van der Waals surface area contributed by atoms with Gasteiger partial charge in [-0.25, -0.2) is 8.42 Å². The van der Waals surface area contributed by atoms with Crippen LogP contribution in [-0.4, -0.2) is 43.6 Å². The van der Waals surface area contributed by atoms with Gasteiger partial charge in [0, 0.05) is 19.2 Å². The number of sulfonamides is 1. The van der Waals surface area contributed by atoms with Crippen LogP contribution in [-0.2, 0) is 10.0 Å². The fourth-order valence-electron chi connectivity index (χ4n) is 2.02. The molecule has 0 saturated carbocycles. The molecule has 0 aliphatic carbocycles. The molecular weight excluding hydrogens is 254 g/mol. The minimum Gasteiger partial charge on any atom is -0.497 e. The van der Waals surface area contributed by atoms with Crippen LogP contribution in [0.4, 0.5) is 0 Å². The van der Waals surface area contributed by atoms with E-state index in [1.54, 1.807) is 19.1 Å². The maximum absolute atomic E-state index is 12.3. The van der Waals surface area contributed by atoms with Crippen molar-refractivity contribution >= 4 is 10.0 Å². The van der Waals surface area contributed by atoms with E-state index >= 15 is 0 Å². The molecule has 1 aromatic rings. The first kappa shape index (κ1) is 13.3. The van der Waals surface area contributed by atoms with Crippen molar-refractivity contribution in [1.29, 1.82) is 0 Å². The molecule has 1 aliphatic heterocycles. The number of hydrogen-bond acceptors (Lipinski definition) is 4. The molecule has 6 heteroatoms. The van der Waals surface area contributed by atoms with Crippen LogP contribution < -0.4 is 4.74 Å². The lowest BCUT2D eigenvalue weighted by Crippen LogP contribution is -2.33. The van der Waals surface area contributed by atoms with E-state index in [4.69, 9.17) is 4.74 Å². The number of methoxy groups -OCH3 is 1. The Labute approximate surface area is 107 Å². The van der Waals surface area contributed by atoms with E-state index in [0.717, 1.165) is 0 Å². The predicted octanol–water partition coefficient (Wildman–Crippen LogP) is 0.841. The van der Waals surface area contributed by atoms with Crippen LogP contribution in [0.15, 0.2) is 29.2 Å². The number of nitrogens with zero attached hydrogens (tertiary/aromatic N) is 1. The van der Waals surface area contributed by atoms with Crippen molar-refractivity contribution in [1.82, 2.24) is 4.31 Å². The Morgan fingerprint density at radius 1 is 1.44 bits per heavy atom. The zero-order chi connectivity index (χ0) is 13.4. The first-order chi connectivity index (χ1) is 8.35. The number of β-amino-alcohol motifs (C(OH)–C–C–N with tert-alkyl or cyclic N) is 1. The summed E-state index contributed by atoms with van der Waals surface area (Å²) in [6, 6.07) is 6.35. The normalized spacial score (nSPS) is 25.3. The average Bonchev–Trinajstić information content (AvgIpc) is 2.70. The molecule has 100 valence electrons. The Morgan fingerprint density at radius 2 is 2.17 bits per heavy atom. The maximum atomic E-state index is 12.3. The summed E-state index contributed by atoms with van der Waals surface area (Å²) >= 11 is 0. The van der Waals surface area contributed by atoms with Crippen LogP contribution >= 0.6 is 0 Å². The smallest absolute Gasteiger partial charge is 0.243 e. The van der Waals surface area contributed by atoms with Crippen LogP contribution in [0.2, 0.25) is 0 Å². The Bertz CT molecular complexity index is 539. The van der Waals surface area contributed by atoms with Gasteiger partial charge >= 0.3 is 0 Å². The maximum Gasteiger partial charge on any atom is 0.243 e. The second-order valence-electron chi connectivity index (χ2n) is 4.76. The van der Waals surface area contributed by atoms with E-state index < -0.39 is 15.6 Å². The molecule has 0 aromatic heterocycles. The topological polar surface area (TPSA) is 66.8 Å². The van der Waals surface area contributed by atoms with E-state index in [9.17, 15) is 13.5 Å². The second-order valence-corrected chi connectivity index (χ2v) is 6.70. The van der Waals surface area contributed by atoms with Gasteiger partial charge in [0.15, 0.2) is 0 Å². The third kappa shape index (κ3) is 2.50. The molecule has 0 bridgehead atoms. The van der Waals surface area contributed by atoms with Gasteiger partial charge in [0.25, 0.3) is 0 Å². The van der Waals surface area contributed by atoms with Crippen LogP contribution in [0.1, 0.15) is 13.3 Å². The molecule has 1 aromatic carbocycles. The van der Waals surface area contributed by atoms with E-state index in [1.807, 2.05) is 0 Å². The molecule has 5 nitrogen and oxygen atoms in total. The summed E-state index contributed by atoms with van der Waals surface area (Å²) in [7, 11) is -2.06. The van der Waals surface area contributed by atoms with Gasteiger partial charge in [0.1, 0.15) is 5.75 Å². The quantitative estimate of drug-likeness (QED) is 0.884. The highest BCUT2D eigenvalue weighted by Crippen LogP contribution is 2.28. The molecule has 1 atom stereocenters. The van der Waals surface area contributed by atoms with Crippen LogP contribution in [0.3, 0.4) is 0 Å². The van der Waals surface area contributed by atoms with E-state index in [2.05, 4.69) is 0 Å². The third-order valence-corrected chi connectivity index (χ3v) is 4.94. The lowest BCUT2D eigenvalue weighted by Gasteiger charge is -2.19. The molecule has 1 fully saturated rings. The molecule has 1 unspecified atom stereocenters. The minimum atomic E-state index is -3.55. The van der Waals surface area contributed by atoms with Gasteiger partial charge in [-0.05, 0) is 25.5 Å². The van der Waals surface area contributed by atoms with Crippen molar-refractivity contribution in [2.24, 2.45) is 0 Å². The summed E-state index contributed by atoms with van der Waals surface area (Å²) in [4.78, 5) is 0.194. The van der Waals surface area contributed by atoms with Crippen LogP contribution in [0.25, 0.3) is 0 Å². The first-order valence-corrected chi connectivity index (χ1v) is 7.16. The van der Waals surface area contributed by atoms with Gasteiger partial charge < -0.3 is 9.84 Å². The van der Waals surface area contributed by atoms with E-state index in [0.29, 0.717) is 18.7 Å². The number of ether oxygens (including phenoxy) is 1. The Kier molecular flexibility index (Phi) is 3.35. The SMILES string of the molecule is COc1cccc(S(=O)(=O)N2CCC(C)(O)C2)c1. The van der Waals surface area contributed by atoms with Gasteiger partial charge in [0.2, 0.25) is 10.0 Å². The van der Waals surface area contributed by atoms with Crippen molar-refractivity contribution in [2.75, 3.05) is 20.2 Å². The summed E-state index contributed by atoms with van der Waals surface area (Å²) in [6.07, 6.45) is 0.455. The molecule has 0 radical (unpaired) electrons. The Balaban J connectivity index is 2.31. The molecule has 2 rings (SSSR count). The number of aliphatic hydroxyl groups is 1. The predicted molar refractivity (Wildman–Crippen MR) is 67.0 cm³/mol. The summed E-state index contributed by atoms with van der Waals surface area (Å²) in [6.45, 7) is 2.12.